The minimum Gasteiger partial charge on any atom is -0.497 e. The molecular formula is C25H24N2O3. The lowest BCUT2D eigenvalue weighted by molar-refractivity contribution is 0.0594. The molecule has 1 saturated heterocycles. The molecular weight excluding hydrogens is 376 g/mol. The summed E-state index contributed by atoms with van der Waals surface area (Å²) in [5.74, 6) is 1.35. The number of hydrogen-bond acceptors (Lipinski definition) is 3. The van der Waals surface area contributed by atoms with Gasteiger partial charge in [-0.15, -0.1) is 0 Å². The minimum atomic E-state index is 0.0511. The molecule has 2 bridgehead atoms. The van der Waals surface area contributed by atoms with Crippen molar-refractivity contribution >= 4 is 5.91 Å². The summed E-state index contributed by atoms with van der Waals surface area (Å²) in [4.78, 5) is 28.2. The van der Waals surface area contributed by atoms with Crippen LogP contribution in [-0.2, 0) is 6.54 Å². The van der Waals surface area contributed by atoms with Crippen LogP contribution in [0.1, 0.15) is 28.4 Å². The Bertz CT molecular complexity index is 1140. The van der Waals surface area contributed by atoms with Gasteiger partial charge < -0.3 is 14.2 Å². The van der Waals surface area contributed by atoms with E-state index in [0.29, 0.717) is 31.1 Å². The Labute approximate surface area is 175 Å². The number of benzene rings is 2. The third-order valence-electron chi connectivity index (χ3n) is 6.31. The van der Waals surface area contributed by atoms with E-state index in [-0.39, 0.29) is 17.4 Å². The molecule has 5 rings (SSSR count). The third kappa shape index (κ3) is 3.20. The van der Waals surface area contributed by atoms with Gasteiger partial charge in [-0.1, -0.05) is 30.3 Å². The zero-order chi connectivity index (χ0) is 20.7. The predicted molar refractivity (Wildman–Crippen MR) is 116 cm³/mol. The molecule has 3 aromatic rings. The minimum absolute atomic E-state index is 0.0511. The van der Waals surface area contributed by atoms with Crippen molar-refractivity contribution in [3.63, 3.8) is 0 Å². The van der Waals surface area contributed by atoms with E-state index in [2.05, 4.69) is 6.07 Å². The smallest absolute Gasteiger partial charge is 0.258 e. The molecule has 3 heterocycles. The zero-order valence-electron chi connectivity index (χ0n) is 17.0. The summed E-state index contributed by atoms with van der Waals surface area (Å²) in [7, 11) is 1.63. The molecule has 30 heavy (non-hydrogen) atoms. The summed E-state index contributed by atoms with van der Waals surface area (Å²) in [6.45, 7) is 2.02. The number of piperidine rings is 1. The highest BCUT2D eigenvalue weighted by Gasteiger charge is 2.36. The SMILES string of the molecule is COc1ccc(-c2ccc3n(c2=O)C[C@H]2C[C@@H]3CN(C(=O)c3ccccc3)C2)cc1. The summed E-state index contributed by atoms with van der Waals surface area (Å²) in [5.41, 5.74) is 3.42. The van der Waals surface area contributed by atoms with Crippen LogP contribution in [0.15, 0.2) is 71.5 Å². The van der Waals surface area contributed by atoms with Crippen molar-refractivity contribution in [1.29, 1.82) is 0 Å². The van der Waals surface area contributed by atoms with E-state index in [1.54, 1.807) is 7.11 Å². The fourth-order valence-corrected chi connectivity index (χ4v) is 4.87. The summed E-state index contributed by atoms with van der Waals surface area (Å²) < 4.78 is 7.16. The van der Waals surface area contributed by atoms with Gasteiger partial charge in [0.25, 0.3) is 11.5 Å². The van der Waals surface area contributed by atoms with E-state index in [4.69, 9.17) is 4.74 Å². The van der Waals surface area contributed by atoms with Gasteiger partial charge in [0, 0.05) is 42.4 Å². The van der Waals surface area contributed by atoms with E-state index >= 15 is 0 Å². The normalized spacial score (nSPS) is 19.8. The molecule has 1 fully saturated rings. The fourth-order valence-electron chi connectivity index (χ4n) is 4.87. The molecule has 5 heteroatoms. The van der Waals surface area contributed by atoms with Crippen molar-refractivity contribution in [3.05, 3.63) is 88.3 Å². The van der Waals surface area contributed by atoms with Gasteiger partial charge in [0.05, 0.1) is 7.11 Å². The summed E-state index contributed by atoms with van der Waals surface area (Å²) >= 11 is 0. The first-order chi connectivity index (χ1) is 14.6. The van der Waals surface area contributed by atoms with Crippen LogP contribution in [0.5, 0.6) is 5.75 Å². The molecule has 0 unspecified atom stereocenters. The third-order valence-corrected chi connectivity index (χ3v) is 6.31. The number of nitrogens with zero attached hydrogens (tertiary/aromatic N) is 2. The lowest BCUT2D eigenvalue weighted by atomic mass is 9.82. The number of methoxy groups -OCH3 is 1. The summed E-state index contributed by atoms with van der Waals surface area (Å²) in [6, 6.07) is 21.0. The number of likely N-dealkylation sites (tertiary alicyclic amines) is 1. The molecule has 1 amide bonds. The molecule has 2 aliphatic rings. The number of pyridine rings is 1. The van der Waals surface area contributed by atoms with E-state index in [1.165, 1.54) is 0 Å². The van der Waals surface area contributed by atoms with Crippen molar-refractivity contribution in [3.8, 4) is 16.9 Å². The molecule has 0 aliphatic carbocycles. The highest BCUT2D eigenvalue weighted by Crippen LogP contribution is 2.36. The van der Waals surface area contributed by atoms with E-state index < -0.39 is 0 Å². The Morgan fingerprint density at radius 2 is 1.70 bits per heavy atom. The van der Waals surface area contributed by atoms with Crippen molar-refractivity contribution in [2.24, 2.45) is 5.92 Å². The monoisotopic (exact) mass is 400 g/mol. The van der Waals surface area contributed by atoms with Crippen molar-refractivity contribution < 1.29 is 9.53 Å². The van der Waals surface area contributed by atoms with Gasteiger partial charge in [-0.25, -0.2) is 0 Å². The second kappa shape index (κ2) is 7.48. The second-order valence-electron chi connectivity index (χ2n) is 8.19. The Morgan fingerprint density at radius 3 is 2.43 bits per heavy atom. The first kappa shape index (κ1) is 18.7. The van der Waals surface area contributed by atoms with Crippen molar-refractivity contribution in [2.45, 2.75) is 18.9 Å². The molecule has 0 saturated carbocycles. The number of aromatic nitrogens is 1. The topological polar surface area (TPSA) is 51.5 Å². The highest BCUT2D eigenvalue weighted by atomic mass is 16.5. The van der Waals surface area contributed by atoms with Crippen LogP contribution in [0, 0.1) is 5.92 Å². The van der Waals surface area contributed by atoms with Crippen LogP contribution >= 0.6 is 0 Å². The number of amides is 1. The van der Waals surface area contributed by atoms with E-state index in [9.17, 15) is 9.59 Å². The lowest BCUT2D eigenvalue weighted by Gasteiger charge is -2.43. The quantitative estimate of drug-likeness (QED) is 0.672. The van der Waals surface area contributed by atoms with Gasteiger partial charge in [-0.2, -0.15) is 0 Å². The Balaban J connectivity index is 1.45. The molecule has 5 nitrogen and oxygen atoms in total. The highest BCUT2D eigenvalue weighted by molar-refractivity contribution is 5.94. The molecule has 2 atom stereocenters. The maximum absolute atomic E-state index is 13.3. The maximum Gasteiger partial charge on any atom is 0.258 e. The average Bonchev–Trinajstić information content (AvgIpc) is 2.80. The van der Waals surface area contributed by atoms with Gasteiger partial charge in [0.2, 0.25) is 0 Å². The van der Waals surface area contributed by atoms with E-state index in [1.807, 2.05) is 70.1 Å². The summed E-state index contributed by atoms with van der Waals surface area (Å²) in [6.07, 6.45) is 1.03. The molecule has 0 spiro atoms. The Kier molecular flexibility index (Phi) is 4.66. The van der Waals surface area contributed by atoms with Crippen LogP contribution in [0.25, 0.3) is 11.1 Å². The molecule has 0 radical (unpaired) electrons. The van der Waals surface area contributed by atoms with Crippen LogP contribution in [0.4, 0.5) is 0 Å². The molecule has 0 N–H and O–H groups in total. The first-order valence-electron chi connectivity index (χ1n) is 10.4. The molecule has 2 aliphatic heterocycles. The van der Waals surface area contributed by atoms with Crippen LogP contribution in [-0.4, -0.2) is 35.6 Å². The van der Waals surface area contributed by atoms with Gasteiger partial charge in [-0.05, 0) is 54.3 Å². The van der Waals surface area contributed by atoms with Crippen LogP contribution in [0.3, 0.4) is 0 Å². The Hall–Kier alpha value is -3.34. The van der Waals surface area contributed by atoms with Crippen molar-refractivity contribution in [2.75, 3.05) is 20.2 Å². The number of carbonyl (C=O) groups excluding carboxylic acids is 1. The first-order valence-corrected chi connectivity index (χ1v) is 10.4. The van der Waals surface area contributed by atoms with Crippen LogP contribution < -0.4 is 10.3 Å². The van der Waals surface area contributed by atoms with Gasteiger partial charge in [0.1, 0.15) is 5.75 Å². The van der Waals surface area contributed by atoms with Gasteiger partial charge in [-0.3, -0.25) is 9.59 Å². The number of fused-ring (bicyclic) bond motifs is 4. The number of carbonyl (C=O) groups is 1. The largest absolute Gasteiger partial charge is 0.497 e. The number of ether oxygens (including phenoxy) is 1. The Morgan fingerprint density at radius 1 is 0.933 bits per heavy atom. The van der Waals surface area contributed by atoms with Crippen LogP contribution in [0.2, 0.25) is 0 Å². The molecule has 2 aromatic carbocycles. The van der Waals surface area contributed by atoms with Crippen molar-refractivity contribution in [1.82, 2.24) is 9.47 Å². The van der Waals surface area contributed by atoms with E-state index in [0.717, 1.165) is 29.0 Å². The second-order valence-corrected chi connectivity index (χ2v) is 8.19. The zero-order valence-corrected chi connectivity index (χ0v) is 17.0. The fraction of sp³-hybridized carbons (Fsp3) is 0.280. The maximum atomic E-state index is 13.3. The number of hydrogen-bond donors (Lipinski definition) is 0. The predicted octanol–water partition coefficient (Wildman–Crippen LogP) is 3.78. The molecule has 1 aromatic heterocycles. The number of rotatable bonds is 3. The molecule has 152 valence electrons. The lowest BCUT2D eigenvalue weighted by Crippen LogP contribution is -2.49. The summed E-state index contributed by atoms with van der Waals surface area (Å²) in [5, 5.41) is 0. The standard InChI is InChI=1S/C25H24N2O3/c1-30-21-9-7-18(8-10-21)22-11-12-23-20-13-17(15-27(23)25(22)29)14-26(16-20)24(28)19-5-3-2-4-6-19/h2-12,17,20H,13-16H2,1H3/t17-,20+/m0/s1. The van der Waals surface area contributed by atoms with Gasteiger partial charge >= 0.3 is 0 Å². The van der Waals surface area contributed by atoms with Gasteiger partial charge in [0.15, 0.2) is 0 Å². The average molecular weight is 400 g/mol.